The Hall–Kier alpha value is -1.14. The van der Waals surface area contributed by atoms with Crippen LogP contribution < -0.4 is 5.32 Å². The highest BCUT2D eigenvalue weighted by molar-refractivity contribution is 5.82. The van der Waals surface area contributed by atoms with Gasteiger partial charge in [0, 0.05) is 32.1 Å². The van der Waals surface area contributed by atoms with Crippen molar-refractivity contribution in [2.24, 2.45) is 11.3 Å². The molecule has 2 aliphatic heterocycles. The van der Waals surface area contributed by atoms with Crippen molar-refractivity contribution < 1.29 is 14.7 Å². The Balaban J connectivity index is 1.53. The molecule has 1 spiro atoms. The van der Waals surface area contributed by atoms with Gasteiger partial charge in [0.25, 0.3) is 0 Å². The van der Waals surface area contributed by atoms with E-state index in [1.165, 1.54) is 0 Å². The van der Waals surface area contributed by atoms with Gasteiger partial charge in [-0.25, -0.2) is 0 Å². The van der Waals surface area contributed by atoms with Crippen molar-refractivity contribution in [3.05, 3.63) is 0 Å². The fraction of sp³-hybridized carbons (Fsp3) is 0.867. The molecule has 21 heavy (non-hydrogen) atoms. The molecule has 0 bridgehead atoms. The molecule has 0 radical (unpaired) electrons. The molecule has 1 atom stereocenters. The maximum Gasteiger partial charge on any atom is 0.317 e. The van der Waals surface area contributed by atoms with Gasteiger partial charge in [-0.15, -0.1) is 0 Å². The van der Waals surface area contributed by atoms with Crippen LogP contribution in [0.2, 0.25) is 0 Å². The van der Waals surface area contributed by atoms with Gasteiger partial charge in [-0.1, -0.05) is 0 Å². The standard InChI is InChI=1S/C15H25N3O3/c19-13(20)11-17-6-1-7-18(9-8-17)14(21)12-10-15(12)2-4-16-5-3-15/h12,16H,1-11H2,(H,19,20). The topological polar surface area (TPSA) is 72.9 Å². The fourth-order valence-electron chi connectivity index (χ4n) is 3.94. The Morgan fingerprint density at radius 1 is 1.14 bits per heavy atom. The molecule has 1 aliphatic carbocycles. The second kappa shape index (κ2) is 5.93. The number of carbonyl (C=O) groups is 2. The van der Waals surface area contributed by atoms with Crippen LogP contribution in [0.25, 0.3) is 0 Å². The third-order valence-electron chi connectivity index (χ3n) is 5.35. The number of nitrogens with one attached hydrogen (secondary N) is 1. The van der Waals surface area contributed by atoms with Crippen LogP contribution in [0.1, 0.15) is 25.7 Å². The zero-order valence-electron chi connectivity index (χ0n) is 12.5. The third kappa shape index (κ3) is 3.21. The predicted molar refractivity (Wildman–Crippen MR) is 77.9 cm³/mol. The Bertz CT molecular complexity index is 420. The van der Waals surface area contributed by atoms with E-state index in [0.717, 1.165) is 51.9 Å². The zero-order chi connectivity index (χ0) is 14.9. The van der Waals surface area contributed by atoms with Crippen LogP contribution in [0, 0.1) is 11.3 Å². The van der Waals surface area contributed by atoms with Gasteiger partial charge in [0.15, 0.2) is 0 Å². The van der Waals surface area contributed by atoms with Crippen LogP contribution in [0.4, 0.5) is 0 Å². The van der Waals surface area contributed by atoms with Crippen LogP contribution >= 0.6 is 0 Å². The molecule has 118 valence electrons. The minimum absolute atomic E-state index is 0.0844. The molecule has 3 aliphatic rings. The van der Waals surface area contributed by atoms with Crippen LogP contribution in [0.5, 0.6) is 0 Å². The van der Waals surface area contributed by atoms with Crippen LogP contribution in [-0.2, 0) is 9.59 Å². The molecular formula is C15H25N3O3. The molecule has 3 fully saturated rings. The Morgan fingerprint density at radius 3 is 2.62 bits per heavy atom. The molecule has 2 heterocycles. The lowest BCUT2D eigenvalue weighted by Crippen LogP contribution is -2.39. The van der Waals surface area contributed by atoms with E-state index < -0.39 is 5.97 Å². The Labute approximate surface area is 125 Å². The average molecular weight is 295 g/mol. The van der Waals surface area contributed by atoms with Gasteiger partial charge in [0.1, 0.15) is 0 Å². The second-order valence-corrected chi connectivity index (χ2v) is 6.72. The maximum absolute atomic E-state index is 12.7. The number of rotatable bonds is 3. The first-order valence-electron chi connectivity index (χ1n) is 8.04. The molecule has 2 N–H and O–H groups in total. The molecule has 1 unspecified atom stereocenters. The molecule has 2 saturated heterocycles. The monoisotopic (exact) mass is 295 g/mol. The molecule has 3 rings (SSSR count). The average Bonchev–Trinajstić information content (AvgIpc) is 3.19. The number of piperidine rings is 1. The van der Waals surface area contributed by atoms with Gasteiger partial charge in [-0.3, -0.25) is 14.5 Å². The number of hydrogen-bond donors (Lipinski definition) is 2. The maximum atomic E-state index is 12.7. The highest BCUT2D eigenvalue weighted by Gasteiger charge is 2.58. The van der Waals surface area contributed by atoms with Crippen LogP contribution in [-0.4, -0.2) is 72.6 Å². The molecule has 6 heteroatoms. The van der Waals surface area contributed by atoms with E-state index in [2.05, 4.69) is 5.32 Å². The van der Waals surface area contributed by atoms with E-state index >= 15 is 0 Å². The van der Waals surface area contributed by atoms with E-state index in [0.29, 0.717) is 19.0 Å². The van der Waals surface area contributed by atoms with Gasteiger partial charge < -0.3 is 15.3 Å². The zero-order valence-corrected chi connectivity index (χ0v) is 12.5. The summed E-state index contributed by atoms with van der Waals surface area (Å²) in [5, 5.41) is 12.2. The summed E-state index contributed by atoms with van der Waals surface area (Å²) in [6.07, 6.45) is 4.19. The van der Waals surface area contributed by atoms with Crippen LogP contribution in [0.15, 0.2) is 0 Å². The number of carboxylic acid groups (broad SMARTS) is 1. The minimum Gasteiger partial charge on any atom is -0.480 e. The highest BCUT2D eigenvalue weighted by atomic mass is 16.4. The van der Waals surface area contributed by atoms with Gasteiger partial charge in [-0.2, -0.15) is 0 Å². The third-order valence-corrected chi connectivity index (χ3v) is 5.35. The molecule has 0 aromatic carbocycles. The summed E-state index contributed by atoms with van der Waals surface area (Å²) in [4.78, 5) is 27.4. The molecule has 1 amide bonds. The molecule has 0 aromatic rings. The smallest absolute Gasteiger partial charge is 0.317 e. The number of carbonyl (C=O) groups excluding carboxylic acids is 1. The molecule has 6 nitrogen and oxygen atoms in total. The lowest BCUT2D eigenvalue weighted by Gasteiger charge is -2.26. The summed E-state index contributed by atoms with van der Waals surface area (Å²) in [6.45, 7) is 5.07. The summed E-state index contributed by atoms with van der Waals surface area (Å²) in [5.74, 6) is -0.245. The quantitative estimate of drug-likeness (QED) is 0.766. The first-order chi connectivity index (χ1) is 10.1. The molecule has 1 saturated carbocycles. The lowest BCUT2D eigenvalue weighted by molar-refractivity contribution is -0.138. The van der Waals surface area contributed by atoms with E-state index in [1.807, 2.05) is 9.80 Å². The van der Waals surface area contributed by atoms with E-state index in [4.69, 9.17) is 5.11 Å². The fourth-order valence-corrected chi connectivity index (χ4v) is 3.94. The first-order valence-corrected chi connectivity index (χ1v) is 8.04. The number of nitrogens with zero attached hydrogens (tertiary/aromatic N) is 2. The summed E-state index contributed by atoms with van der Waals surface area (Å²) < 4.78 is 0. The predicted octanol–water partition coefficient (Wildman–Crippen LogP) is -0.00500. The normalized spacial score (nSPS) is 29.1. The summed E-state index contributed by atoms with van der Waals surface area (Å²) in [7, 11) is 0. The largest absolute Gasteiger partial charge is 0.480 e. The van der Waals surface area contributed by atoms with E-state index in [-0.39, 0.29) is 17.9 Å². The Kier molecular flexibility index (Phi) is 4.17. The van der Waals surface area contributed by atoms with Crippen molar-refractivity contribution >= 4 is 11.9 Å². The minimum atomic E-state index is -0.786. The highest BCUT2D eigenvalue weighted by Crippen LogP contribution is 2.59. The first kappa shape index (κ1) is 14.8. The molecular weight excluding hydrogens is 270 g/mol. The lowest BCUT2D eigenvalue weighted by atomic mass is 9.91. The second-order valence-electron chi connectivity index (χ2n) is 6.72. The van der Waals surface area contributed by atoms with Crippen LogP contribution in [0.3, 0.4) is 0 Å². The van der Waals surface area contributed by atoms with Gasteiger partial charge in [0.05, 0.1) is 6.54 Å². The summed E-state index contributed by atoms with van der Waals surface area (Å²) >= 11 is 0. The van der Waals surface area contributed by atoms with Crippen molar-refractivity contribution in [3.63, 3.8) is 0 Å². The van der Waals surface area contributed by atoms with Gasteiger partial charge in [0.2, 0.25) is 5.91 Å². The SMILES string of the molecule is O=C(O)CN1CCCN(C(=O)C2CC23CCNCC3)CC1. The number of hydrogen-bond acceptors (Lipinski definition) is 4. The van der Waals surface area contributed by atoms with E-state index in [1.54, 1.807) is 0 Å². The number of amides is 1. The summed E-state index contributed by atoms with van der Waals surface area (Å²) in [5.41, 5.74) is 0.287. The number of aliphatic carboxylic acids is 1. The summed E-state index contributed by atoms with van der Waals surface area (Å²) in [6, 6.07) is 0. The molecule has 0 aromatic heterocycles. The van der Waals surface area contributed by atoms with E-state index in [9.17, 15) is 9.59 Å². The van der Waals surface area contributed by atoms with Crippen molar-refractivity contribution in [3.8, 4) is 0 Å². The van der Waals surface area contributed by atoms with Crippen molar-refractivity contribution in [2.45, 2.75) is 25.7 Å². The Morgan fingerprint density at radius 2 is 1.90 bits per heavy atom. The van der Waals surface area contributed by atoms with Crippen molar-refractivity contribution in [1.82, 2.24) is 15.1 Å². The van der Waals surface area contributed by atoms with Gasteiger partial charge in [-0.05, 0) is 44.2 Å². The van der Waals surface area contributed by atoms with Gasteiger partial charge >= 0.3 is 5.97 Å². The number of carboxylic acids is 1. The van der Waals surface area contributed by atoms with Crippen molar-refractivity contribution in [2.75, 3.05) is 45.8 Å². The van der Waals surface area contributed by atoms with Crippen molar-refractivity contribution in [1.29, 1.82) is 0 Å².